The Morgan fingerprint density at radius 2 is 2.03 bits per heavy atom. The van der Waals surface area contributed by atoms with E-state index in [0.29, 0.717) is 34.6 Å². The zero-order valence-electron chi connectivity index (χ0n) is 17.1. The number of nitriles is 1. The minimum Gasteiger partial charge on any atom is -0.326 e. The van der Waals surface area contributed by atoms with Crippen molar-refractivity contribution in [3.63, 3.8) is 0 Å². The molecule has 1 aliphatic carbocycles. The molecule has 1 aliphatic rings. The number of hydrogen-bond acceptors (Lipinski definition) is 7. The summed E-state index contributed by atoms with van der Waals surface area (Å²) in [4.78, 5) is 25.8. The van der Waals surface area contributed by atoms with Crippen LogP contribution in [0.2, 0.25) is 0 Å². The lowest BCUT2D eigenvalue weighted by Gasteiger charge is -2.15. The maximum absolute atomic E-state index is 12.9. The van der Waals surface area contributed by atoms with Gasteiger partial charge in [0.1, 0.15) is 6.07 Å². The largest absolute Gasteiger partial charge is 0.326 e. The second-order valence-corrected chi connectivity index (χ2v) is 8.43. The lowest BCUT2D eigenvalue weighted by Crippen LogP contribution is -2.21. The molecule has 2 aromatic heterocycles. The van der Waals surface area contributed by atoms with Crippen LogP contribution in [0.3, 0.4) is 0 Å². The van der Waals surface area contributed by atoms with Crippen LogP contribution in [0.1, 0.15) is 43.4 Å². The van der Waals surface area contributed by atoms with Gasteiger partial charge >= 0.3 is 0 Å². The average molecular weight is 431 g/mol. The summed E-state index contributed by atoms with van der Waals surface area (Å²) in [5.74, 6) is 0.0618. The summed E-state index contributed by atoms with van der Waals surface area (Å²) in [6.45, 7) is 1.97. The summed E-state index contributed by atoms with van der Waals surface area (Å²) in [7, 11) is 0. The molecule has 1 saturated carbocycles. The molecule has 4 rings (SSSR count). The molecule has 31 heavy (non-hydrogen) atoms. The van der Waals surface area contributed by atoms with E-state index in [2.05, 4.69) is 31.1 Å². The molecule has 156 valence electrons. The summed E-state index contributed by atoms with van der Waals surface area (Å²) in [6.07, 6.45) is 7.99. The summed E-state index contributed by atoms with van der Waals surface area (Å²) < 4.78 is 3.18. The number of carbonyl (C=O) groups excluding carboxylic acids is 1. The van der Waals surface area contributed by atoms with Gasteiger partial charge in [-0.05, 0) is 61.0 Å². The lowest BCUT2D eigenvalue weighted by molar-refractivity contribution is -0.117. The second kappa shape index (κ2) is 9.58. The van der Waals surface area contributed by atoms with Gasteiger partial charge in [0.25, 0.3) is 0 Å². The monoisotopic (exact) mass is 430 g/mol. The van der Waals surface area contributed by atoms with Gasteiger partial charge in [-0.15, -0.1) is 0 Å². The summed E-state index contributed by atoms with van der Waals surface area (Å²) >= 11 is 1.64. The zero-order chi connectivity index (χ0) is 21.6. The lowest BCUT2D eigenvalue weighted by atomic mass is 10.0. The summed E-state index contributed by atoms with van der Waals surface area (Å²) in [5, 5.41) is 12.7. The van der Waals surface area contributed by atoms with E-state index in [1.807, 2.05) is 31.2 Å². The smallest absolute Gasteiger partial charge is 0.233 e. The standard InChI is InChI=1S/C23H22N6OS/c1-2-20(21-9-10-26-23(28-21)29-31-19-7-8-19)22(30)27-18-5-3-16(4-6-18)17-11-15(12-24)13-25-14-17/h3-6,9-11,13-14,19-20H,2,7-8H2,1H3,(H,27,30)(H,26,28,29). The number of nitrogens with one attached hydrogen (secondary N) is 2. The van der Waals surface area contributed by atoms with E-state index in [0.717, 1.165) is 11.1 Å². The van der Waals surface area contributed by atoms with Crippen LogP contribution in [0.5, 0.6) is 0 Å². The van der Waals surface area contributed by atoms with E-state index in [4.69, 9.17) is 5.26 Å². The van der Waals surface area contributed by atoms with Gasteiger partial charge in [-0.25, -0.2) is 9.97 Å². The number of carbonyl (C=O) groups is 1. The molecule has 8 heteroatoms. The van der Waals surface area contributed by atoms with Crippen molar-refractivity contribution in [3.05, 3.63) is 66.2 Å². The number of hydrogen-bond donors (Lipinski definition) is 2. The molecule has 3 aromatic rings. The van der Waals surface area contributed by atoms with E-state index in [1.165, 1.54) is 19.0 Å². The highest BCUT2D eigenvalue weighted by molar-refractivity contribution is 8.01. The fourth-order valence-electron chi connectivity index (χ4n) is 3.10. The van der Waals surface area contributed by atoms with Gasteiger partial charge in [0, 0.05) is 35.1 Å². The van der Waals surface area contributed by atoms with Crippen LogP contribution >= 0.6 is 11.9 Å². The van der Waals surface area contributed by atoms with Gasteiger partial charge in [-0.2, -0.15) is 5.26 Å². The first-order chi connectivity index (χ1) is 15.2. The molecule has 0 aliphatic heterocycles. The minimum atomic E-state index is -0.370. The molecule has 0 saturated heterocycles. The number of anilines is 2. The van der Waals surface area contributed by atoms with Crippen LogP contribution in [0.15, 0.2) is 55.0 Å². The Morgan fingerprint density at radius 3 is 2.74 bits per heavy atom. The molecule has 0 radical (unpaired) electrons. The molecule has 2 N–H and O–H groups in total. The number of rotatable bonds is 8. The molecule has 1 unspecified atom stereocenters. The van der Waals surface area contributed by atoms with Crippen LogP contribution in [0.25, 0.3) is 11.1 Å². The molecule has 1 aromatic carbocycles. The maximum Gasteiger partial charge on any atom is 0.233 e. The Kier molecular flexibility index (Phi) is 6.43. The van der Waals surface area contributed by atoms with Crippen LogP contribution in [-0.4, -0.2) is 26.1 Å². The average Bonchev–Trinajstić information content (AvgIpc) is 3.64. The van der Waals surface area contributed by atoms with Gasteiger partial charge in [-0.3, -0.25) is 14.5 Å². The highest BCUT2D eigenvalue weighted by Crippen LogP contribution is 2.34. The fraction of sp³-hybridized carbons (Fsp3) is 0.261. The molecule has 2 heterocycles. The van der Waals surface area contributed by atoms with E-state index in [9.17, 15) is 4.79 Å². The van der Waals surface area contributed by atoms with Crippen molar-refractivity contribution in [1.29, 1.82) is 5.26 Å². The predicted molar refractivity (Wildman–Crippen MR) is 122 cm³/mol. The van der Waals surface area contributed by atoms with E-state index in [1.54, 1.807) is 36.5 Å². The molecule has 0 bridgehead atoms. The van der Waals surface area contributed by atoms with Gasteiger partial charge in [0.2, 0.25) is 11.9 Å². The molecular weight excluding hydrogens is 408 g/mol. The molecule has 0 spiro atoms. The zero-order valence-corrected chi connectivity index (χ0v) is 17.9. The number of amides is 1. The third-order valence-corrected chi connectivity index (χ3v) is 6.06. The number of benzene rings is 1. The molecule has 7 nitrogen and oxygen atoms in total. The quantitative estimate of drug-likeness (QED) is 0.496. The first kappa shape index (κ1) is 20.8. The molecule has 1 atom stereocenters. The van der Waals surface area contributed by atoms with Crippen LogP contribution in [0.4, 0.5) is 11.6 Å². The van der Waals surface area contributed by atoms with Gasteiger partial charge in [0.05, 0.1) is 17.2 Å². The Balaban J connectivity index is 1.43. The van der Waals surface area contributed by atoms with Crippen LogP contribution in [0, 0.1) is 11.3 Å². The molecular formula is C23H22N6OS. The van der Waals surface area contributed by atoms with Crippen molar-refractivity contribution in [2.75, 3.05) is 10.0 Å². The highest BCUT2D eigenvalue weighted by Gasteiger charge is 2.24. The predicted octanol–water partition coefficient (Wildman–Crippen LogP) is 4.77. The van der Waals surface area contributed by atoms with E-state index < -0.39 is 0 Å². The van der Waals surface area contributed by atoms with Crippen molar-refractivity contribution in [2.45, 2.75) is 37.4 Å². The topological polar surface area (TPSA) is 104 Å². The van der Waals surface area contributed by atoms with Gasteiger partial charge in [0.15, 0.2) is 0 Å². The second-order valence-electron chi connectivity index (χ2n) is 7.33. The van der Waals surface area contributed by atoms with Crippen molar-refractivity contribution >= 4 is 29.5 Å². The third-order valence-electron chi connectivity index (χ3n) is 4.95. The Morgan fingerprint density at radius 1 is 1.23 bits per heavy atom. The van der Waals surface area contributed by atoms with Gasteiger partial charge < -0.3 is 5.32 Å². The minimum absolute atomic E-state index is 0.108. The Hall–Kier alpha value is -3.44. The van der Waals surface area contributed by atoms with E-state index in [-0.39, 0.29) is 11.8 Å². The SMILES string of the molecule is CCC(C(=O)Nc1ccc(-c2cncc(C#N)c2)cc1)c1ccnc(NSC2CC2)n1. The number of pyridine rings is 1. The molecule has 1 amide bonds. The Labute approximate surface area is 185 Å². The maximum atomic E-state index is 12.9. The summed E-state index contributed by atoms with van der Waals surface area (Å²) in [5.41, 5.74) is 3.69. The fourth-order valence-corrected chi connectivity index (χ4v) is 3.84. The van der Waals surface area contributed by atoms with Crippen LogP contribution < -0.4 is 10.0 Å². The van der Waals surface area contributed by atoms with E-state index >= 15 is 0 Å². The van der Waals surface area contributed by atoms with Crippen molar-refractivity contribution in [2.24, 2.45) is 0 Å². The first-order valence-electron chi connectivity index (χ1n) is 10.2. The molecule has 1 fully saturated rings. The van der Waals surface area contributed by atoms with Crippen molar-refractivity contribution in [3.8, 4) is 17.2 Å². The third kappa shape index (κ3) is 5.38. The summed E-state index contributed by atoms with van der Waals surface area (Å²) in [6, 6.07) is 13.2. The number of aromatic nitrogens is 3. The normalized spacial score (nSPS) is 13.8. The first-order valence-corrected chi connectivity index (χ1v) is 11.0. The van der Waals surface area contributed by atoms with Gasteiger partial charge in [-0.1, -0.05) is 19.1 Å². The highest BCUT2D eigenvalue weighted by atomic mass is 32.2. The van der Waals surface area contributed by atoms with Crippen molar-refractivity contribution in [1.82, 2.24) is 15.0 Å². The Bertz CT molecular complexity index is 1110. The van der Waals surface area contributed by atoms with Crippen LogP contribution in [-0.2, 0) is 4.79 Å². The van der Waals surface area contributed by atoms with Crippen molar-refractivity contribution < 1.29 is 4.79 Å². The number of nitrogens with zero attached hydrogens (tertiary/aromatic N) is 4.